The molecule has 0 aliphatic carbocycles. The minimum atomic E-state index is -0.398. The Kier molecular flexibility index (Phi) is 4.74. The maximum absolute atomic E-state index is 10.6. The first-order valence-corrected chi connectivity index (χ1v) is 6.93. The van der Waals surface area contributed by atoms with Crippen molar-refractivity contribution in [3.63, 3.8) is 0 Å². The lowest BCUT2D eigenvalue weighted by Gasteiger charge is -2.07. The molecular formula is C14H16ClN3O2. The van der Waals surface area contributed by atoms with Gasteiger partial charge in [0.05, 0.1) is 4.92 Å². The Morgan fingerprint density at radius 1 is 1.35 bits per heavy atom. The summed E-state index contributed by atoms with van der Waals surface area (Å²) in [6.45, 7) is 2.75. The van der Waals surface area contributed by atoms with Crippen molar-refractivity contribution in [1.82, 2.24) is 9.55 Å². The number of benzene rings is 1. The van der Waals surface area contributed by atoms with Crippen LogP contribution < -0.4 is 0 Å². The molecule has 106 valence electrons. The molecule has 0 radical (unpaired) electrons. The summed E-state index contributed by atoms with van der Waals surface area (Å²) in [4.78, 5) is 14.5. The maximum Gasteiger partial charge on any atom is 0.269 e. The van der Waals surface area contributed by atoms with Crippen molar-refractivity contribution >= 4 is 17.3 Å². The van der Waals surface area contributed by atoms with E-state index in [9.17, 15) is 10.1 Å². The van der Waals surface area contributed by atoms with Crippen molar-refractivity contribution < 1.29 is 4.92 Å². The molecule has 0 saturated carbocycles. The highest BCUT2D eigenvalue weighted by molar-refractivity contribution is 6.29. The fraction of sp³-hybridized carbons (Fsp3) is 0.357. The van der Waals surface area contributed by atoms with Crippen molar-refractivity contribution in [3.05, 3.63) is 57.1 Å². The summed E-state index contributed by atoms with van der Waals surface area (Å²) in [6.07, 6.45) is 4.85. The summed E-state index contributed by atoms with van der Waals surface area (Å²) in [5, 5.41) is 11.1. The van der Waals surface area contributed by atoms with Crippen LogP contribution in [0.15, 0.2) is 30.5 Å². The minimum absolute atomic E-state index is 0.101. The topological polar surface area (TPSA) is 61.0 Å². The van der Waals surface area contributed by atoms with Crippen LogP contribution in [0.4, 0.5) is 5.69 Å². The summed E-state index contributed by atoms with van der Waals surface area (Å²) < 4.78 is 2.00. The number of non-ortho nitro benzene ring substituents is 1. The van der Waals surface area contributed by atoms with Gasteiger partial charge in [-0.25, -0.2) is 4.98 Å². The molecule has 20 heavy (non-hydrogen) atoms. The molecule has 0 atom stereocenters. The van der Waals surface area contributed by atoms with E-state index in [-0.39, 0.29) is 5.69 Å². The van der Waals surface area contributed by atoms with Crippen LogP contribution in [0.5, 0.6) is 0 Å². The Morgan fingerprint density at radius 2 is 2.05 bits per heavy atom. The van der Waals surface area contributed by atoms with Crippen LogP contribution in [0.2, 0.25) is 5.15 Å². The Bertz CT molecular complexity index is 593. The van der Waals surface area contributed by atoms with E-state index < -0.39 is 4.92 Å². The third kappa shape index (κ3) is 3.57. The normalized spacial score (nSPS) is 10.7. The van der Waals surface area contributed by atoms with Gasteiger partial charge < -0.3 is 4.57 Å². The molecule has 1 aromatic carbocycles. The highest BCUT2D eigenvalue weighted by Gasteiger charge is 2.08. The van der Waals surface area contributed by atoms with Crippen molar-refractivity contribution in [3.8, 4) is 0 Å². The molecule has 2 aromatic rings. The largest absolute Gasteiger partial charge is 0.329 e. The minimum Gasteiger partial charge on any atom is -0.329 e. The van der Waals surface area contributed by atoms with Crippen LogP contribution in [-0.2, 0) is 13.0 Å². The second-order valence-corrected chi connectivity index (χ2v) is 5.02. The monoisotopic (exact) mass is 293 g/mol. The summed E-state index contributed by atoms with van der Waals surface area (Å²) in [7, 11) is 0. The van der Waals surface area contributed by atoms with Gasteiger partial charge >= 0.3 is 0 Å². The molecule has 0 amide bonds. The van der Waals surface area contributed by atoms with Gasteiger partial charge in [-0.15, -0.1) is 0 Å². The van der Waals surface area contributed by atoms with Crippen LogP contribution >= 0.6 is 11.6 Å². The summed E-state index contributed by atoms with van der Waals surface area (Å²) >= 11 is 5.96. The quantitative estimate of drug-likeness (QED) is 0.600. The molecule has 0 spiro atoms. The molecule has 0 fully saturated rings. The van der Waals surface area contributed by atoms with E-state index in [2.05, 4.69) is 11.9 Å². The van der Waals surface area contributed by atoms with Gasteiger partial charge in [-0.05, 0) is 12.0 Å². The first-order valence-electron chi connectivity index (χ1n) is 6.55. The molecule has 0 saturated heterocycles. The molecule has 0 unspecified atom stereocenters. The summed E-state index contributed by atoms with van der Waals surface area (Å²) in [6, 6.07) is 6.55. The molecule has 1 aromatic heterocycles. The van der Waals surface area contributed by atoms with Crippen LogP contribution in [0.25, 0.3) is 0 Å². The predicted molar refractivity (Wildman–Crippen MR) is 78.0 cm³/mol. The molecule has 5 nitrogen and oxygen atoms in total. The molecule has 0 N–H and O–H groups in total. The smallest absolute Gasteiger partial charge is 0.269 e. The number of halogens is 1. The van der Waals surface area contributed by atoms with Gasteiger partial charge in [0, 0.05) is 31.3 Å². The molecule has 6 heteroatoms. The van der Waals surface area contributed by atoms with Gasteiger partial charge in [-0.1, -0.05) is 37.1 Å². The Balaban J connectivity index is 2.14. The lowest BCUT2D eigenvalue weighted by Crippen LogP contribution is -2.04. The highest BCUT2D eigenvalue weighted by Crippen LogP contribution is 2.16. The summed E-state index contributed by atoms with van der Waals surface area (Å²) in [5.74, 6) is 0.954. The number of rotatable bonds is 6. The molecule has 1 heterocycles. The first-order chi connectivity index (χ1) is 9.60. The molecular weight excluding hydrogens is 278 g/mol. The fourth-order valence-electron chi connectivity index (χ4n) is 2.01. The van der Waals surface area contributed by atoms with Gasteiger partial charge in [-0.3, -0.25) is 10.1 Å². The van der Waals surface area contributed by atoms with Gasteiger partial charge in [-0.2, -0.15) is 0 Å². The van der Waals surface area contributed by atoms with Gasteiger partial charge in [0.2, 0.25) is 0 Å². The number of nitrogens with zero attached hydrogens (tertiary/aromatic N) is 3. The van der Waals surface area contributed by atoms with Crippen LogP contribution in [0.1, 0.15) is 31.2 Å². The van der Waals surface area contributed by atoms with Crippen molar-refractivity contribution in [2.75, 3.05) is 0 Å². The second kappa shape index (κ2) is 6.52. The van der Waals surface area contributed by atoms with E-state index >= 15 is 0 Å². The molecule has 0 aliphatic rings. The van der Waals surface area contributed by atoms with E-state index in [1.807, 2.05) is 4.57 Å². The zero-order valence-corrected chi connectivity index (χ0v) is 12.0. The van der Waals surface area contributed by atoms with Crippen LogP contribution in [0.3, 0.4) is 0 Å². The zero-order chi connectivity index (χ0) is 14.5. The zero-order valence-electron chi connectivity index (χ0n) is 11.3. The lowest BCUT2D eigenvalue weighted by atomic mass is 10.2. The standard InChI is InChI=1S/C14H16ClN3O2/c1-2-3-4-14-16-13(15)10-17(14)9-11-5-7-12(8-6-11)18(19)20/h5-8,10H,2-4,9H2,1H3. The number of hydrogen-bond acceptors (Lipinski definition) is 3. The van der Waals surface area contributed by atoms with Crippen molar-refractivity contribution in [2.45, 2.75) is 32.7 Å². The summed E-state index contributed by atoms with van der Waals surface area (Å²) in [5.41, 5.74) is 1.09. The van der Waals surface area contributed by atoms with Crippen molar-refractivity contribution in [1.29, 1.82) is 0 Å². The lowest BCUT2D eigenvalue weighted by molar-refractivity contribution is -0.384. The van der Waals surface area contributed by atoms with E-state index in [0.29, 0.717) is 11.7 Å². The fourth-order valence-corrected chi connectivity index (χ4v) is 2.23. The third-order valence-corrected chi connectivity index (χ3v) is 3.27. The van der Waals surface area contributed by atoms with E-state index in [1.165, 1.54) is 12.1 Å². The number of nitro groups is 1. The number of aromatic nitrogens is 2. The van der Waals surface area contributed by atoms with Gasteiger partial charge in [0.15, 0.2) is 0 Å². The Morgan fingerprint density at radius 3 is 2.65 bits per heavy atom. The van der Waals surface area contributed by atoms with Gasteiger partial charge in [0.1, 0.15) is 11.0 Å². The average molecular weight is 294 g/mol. The Labute approximate surface area is 122 Å². The number of aryl methyl sites for hydroxylation is 1. The molecule has 0 aliphatic heterocycles. The van der Waals surface area contributed by atoms with E-state index in [4.69, 9.17) is 11.6 Å². The number of hydrogen-bond donors (Lipinski definition) is 0. The molecule has 2 rings (SSSR count). The Hall–Kier alpha value is -1.88. The van der Waals surface area contributed by atoms with E-state index in [1.54, 1.807) is 18.3 Å². The van der Waals surface area contributed by atoms with Crippen LogP contribution in [-0.4, -0.2) is 14.5 Å². The van der Waals surface area contributed by atoms with Crippen molar-refractivity contribution in [2.24, 2.45) is 0 Å². The maximum atomic E-state index is 10.6. The number of imidazole rings is 1. The van der Waals surface area contributed by atoms with Crippen LogP contribution in [0, 0.1) is 10.1 Å². The number of nitro benzene ring substituents is 1. The van der Waals surface area contributed by atoms with Gasteiger partial charge in [0.25, 0.3) is 5.69 Å². The predicted octanol–water partition coefficient (Wildman–Crippen LogP) is 3.84. The average Bonchev–Trinajstić information content (AvgIpc) is 2.77. The number of unbranched alkanes of at least 4 members (excludes halogenated alkanes) is 1. The first kappa shape index (κ1) is 14.5. The highest BCUT2D eigenvalue weighted by atomic mass is 35.5. The molecule has 0 bridgehead atoms. The SMILES string of the molecule is CCCCc1nc(Cl)cn1Cc1ccc([N+](=O)[O-])cc1. The third-order valence-electron chi connectivity index (χ3n) is 3.08. The second-order valence-electron chi connectivity index (χ2n) is 4.63. The van der Waals surface area contributed by atoms with E-state index in [0.717, 1.165) is 30.7 Å².